The second-order valence-electron chi connectivity index (χ2n) is 6.87. The Bertz CT molecular complexity index is 814. The molecule has 1 unspecified atom stereocenters. The predicted molar refractivity (Wildman–Crippen MR) is 89.4 cm³/mol. The lowest BCUT2D eigenvalue weighted by atomic mass is 9.80. The Balaban J connectivity index is 1.62. The number of carbonyl (C=O) groups is 2. The van der Waals surface area contributed by atoms with Crippen LogP contribution in [0.1, 0.15) is 46.6 Å². The number of hydrogen-bond donors (Lipinski definition) is 1. The molecular formula is C19H20N2O4. The predicted octanol–water partition coefficient (Wildman–Crippen LogP) is 2.42. The van der Waals surface area contributed by atoms with E-state index in [1.165, 1.54) is 0 Å². The molecule has 2 aromatic rings. The molecule has 6 heteroatoms. The van der Waals surface area contributed by atoms with Crippen LogP contribution in [0.4, 0.5) is 0 Å². The highest BCUT2D eigenvalue weighted by atomic mass is 16.5. The number of aryl methyl sites for hydroxylation is 1. The van der Waals surface area contributed by atoms with Crippen LogP contribution in [0, 0.1) is 0 Å². The average Bonchev–Trinajstić information content (AvgIpc) is 3.27. The van der Waals surface area contributed by atoms with Gasteiger partial charge in [-0.15, -0.1) is 0 Å². The molecule has 0 bridgehead atoms. The highest BCUT2D eigenvalue weighted by molar-refractivity contribution is 5.95. The van der Waals surface area contributed by atoms with Crippen LogP contribution in [0.15, 0.2) is 34.9 Å². The van der Waals surface area contributed by atoms with E-state index in [0.717, 1.165) is 42.6 Å². The topological polar surface area (TPSA) is 83.6 Å². The molecule has 6 nitrogen and oxygen atoms in total. The van der Waals surface area contributed by atoms with Crippen molar-refractivity contribution in [1.82, 2.24) is 10.1 Å². The molecule has 2 aliphatic rings. The highest BCUT2D eigenvalue weighted by Gasteiger charge is 2.48. The standard InChI is InChI=1S/C19H20N2O4/c22-17(16-14-8-4-5-9-15(14)25-20-16)21-11-10-19(12-21,18(23)24)13-6-2-1-3-7-13/h1-3,6-7H,4-5,8-12H2,(H,23,24). The summed E-state index contributed by atoms with van der Waals surface area (Å²) >= 11 is 0. The molecule has 1 saturated heterocycles. The fourth-order valence-corrected chi connectivity index (χ4v) is 3.98. The van der Waals surface area contributed by atoms with Gasteiger partial charge in [-0.25, -0.2) is 0 Å². The lowest BCUT2D eigenvalue weighted by Crippen LogP contribution is -2.40. The van der Waals surface area contributed by atoms with Gasteiger partial charge in [-0.2, -0.15) is 0 Å². The van der Waals surface area contributed by atoms with E-state index in [-0.39, 0.29) is 12.5 Å². The normalized spacial score (nSPS) is 22.6. The first kappa shape index (κ1) is 15.9. The lowest BCUT2D eigenvalue weighted by Gasteiger charge is -2.25. The number of fused-ring (bicyclic) bond motifs is 1. The minimum absolute atomic E-state index is 0.160. The molecule has 1 fully saturated rings. The van der Waals surface area contributed by atoms with Gasteiger partial charge in [0.1, 0.15) is 11.2 Å². The third-order valence-corrected chi connectivity index (χ3v) is 5.44. The molecular weight excluding hydrogens is 320 g/mol. The summed E-state index contributed by atoms with van der Waals surface area (Å²) in [6, 6.07) is 9.16. The van der Waals surface area contributed by atoms with E-state index >= 15 is 0 Å². The molecule has 0 spiro atoms. The number of aromatic nitrogens is 1. The van der Waals surface area contributed by atoms with Crippen molar-refractivity contribution in [3.63, 3.8) is 0 Å². The minimum Gasteiger partial charge on any atom is -0.481 e. The van der Waals surface area contributed by atoms with Crippen LogP contribution in [0.5, 0.6) is 0 Å². The van der Waals surface area contributed by atoms with Crippen molar-refractivity contribution in [2.75, 3.05) is 13.1 Å². The summed E-state index contributed by atoms with van der Waals surface area (Å²) in [5.41, 5.74) is 0.952. The second kappa shape index (κ2) is 6.02. The number of amides is 1. The van der Waals surface area contributed by atoms with Crippen molar-refractivity contribution < 1.29 is 19.2 Å². The Labute approximate surface area is 145 Å². The molecule has 1 atom stereocenters. The van der Waals surface area contributed by atoms with E-state index in [1.807, 2.05) is 30.3 Å². The van der Waals surface area contributed by atoms with Gasteiger partial charge in [0.15, 0.2) is 5.69 Å². The lowest BCUT2D eigenvalue weighted by molar-refractivity contribution is -0.143. The van der Waals surface area contributed by atoms with E-state index in [2.05, 4.69) is 5.16 Å². The van der Waals surface area contributed by atoms with Crippen LogP contribution >= 0.6 is 0 Å². The maximum atomic E-state index is 12.9. The number of nitrogens with zero attached hydrogens (tertiary/aromatic N) is 2. The summed E-state index contributed by atoms with van der Waals surface area (Å²) in [5.74, 6) is -0.302. The summed E-state index contributed by atoms with van der Waals surface area (Å²) in [7, 11) is 0. The van der Waals surface area contributed by atoms with Crippen molar-refractivity contribution in [2.24, 2.45) is 0 Å². The van der Waals surface area contributed by atoms with Gasteiger partial charge in [-0.3, -0.25) is 9.59 Å². The third kappa shape index (κ3) is 2.52. The van der Waals surface area contributed by atoms with E-state index in [9.17, 15) is 14.7 Å². The maximum Gasteiger partial charge on any atom is 0.316 e. The fraction of sp³-hybridized carbons (Fsp3) is 0.421. The summed E-state index contributed by atoms with van der Waals surface area (Å²) in [5, 5.41) is 13.9. The largest absolute Gasteiger partial charge is 0.481 e. The molecule has 130 valence electrons. The van der Waals surface area contributed by atoms with Gasteiger partial charge in [-0.05, 0) is 31.2 Å². The molecule has 1 aromatic heterocycles. The quantitative estimate of drug-likeness (QED) is 0.928. The van der Waals surface area contributed by atoms with Gasteiger partial charge in [0.05, 0.1) is 0 Å². The van der Waals surface area contributed by atoms with Crippen LogP contribution in [-0.4, -0.2) is 40.1 Å². The monoisotopic (exact) mass is 340 g/mol. The van der Waals surface area contributed by atoms with Gasteiger partial charge in [0.2, 0.25) is 0 Å². The van der Waals surface area contributed by atoms with Gasteiger partial charge < -0.3 is 14.5 Å². The number of benzene rings is 1. The van der Waals surface area contributed by atoms with E-state index in [4.69, 9.17) is 4.52 Å². The summed E-state index contributed by atoms with van der Waals surface area (Å²) < 4.78 is 5.34. The van der Waals surface area contributed by atoms with Crippen LogP contribution in [0.2, 0.25) is 0 Å². The zero-order chi connectivity index (χ0) is 17.4. The van der Waals surface area contributed by atoms with E-state index in [0.29, 0.717) is 18.7 Å². The maximum absolute atomic E-state index is 12.9. The minimum atomic E-state index is -1.05. The van der Waals surface area contributed by atoms with Crippen LogP contribution in [0.3, 0.4) is 0 Å². The van der Waals surface area contributed by atoms with Gasteiger partial charge in [0.25, 0.3) is 5.91 Å². The Hall–Kier alpha value is -2.63. The number of carboxylic acid groups (broad SMARTS) is 1. The average molecular weight is 340 g/mol. The zero-order valence-corrected chi connectivity index (χ0v) is 13.9. The zero-order valence-electron chi connectivity index (χ0n) is 13.9. The number of hydrogen-bond acceptors (Lipinski definition) is 4. The molecule has 1 amide bonds. The SMILES string of the molecule is O=C(c1noc2c1CCCC2)N1CCC(C(=O)O)(c2ccccc2)C1. The van der Waals surface area contributed by atoms with Crippen molar-refractivity contribution in [1.29, 1.82) is 0 Å². The first-order chi connectivity index (χ1) is 12.1. The van der Waals surface area contributed by atoms with E-state index < -0.39 is 11.4 Å². The van der Waals surface area contributed by atoms with Gasteiger partial charge in [-0.1, -0.05) is 35.5 Å². The second-order valence-corrected chi connectivity index (χ2v) is 6.87. The Morgan fingerprint density at radius 1 is 1.16 bits per heavy atom. The van der Waals surface area contributed by atoms with Crippen molar-refractivity contribution >= 4 is 11.9 Å². The number of aliphatic carboxylic acids is 1. The molecule has 2 heterocycles. The third-order valence-electron chi connectivity index (χ3n) is 5.44. The van der Waals surface area contributed by atoms with Crippen LogP contribution in [-0.2, 0) is 23.1 Å². The molecule has 0 saturated carbocycles. The van der Waals surface area contributed by atoms with Gasteiger partial charge in [0, 0.05) is 25.1 Å². The van der Waals surface area contributed by atoms with Crippen LogP contribution in [0.25, 0.3) is 0 Å². The molecule has 1 N–H and O–H groups in total. The summed E-state index contributed by atoms with van der Waals surface area (Å²) in [4.78, 5) is 26.6. The first-order valence-electron chi connectivity index (χ1n) is 8.67. The summed E-state index contributed by atoms with van der Waals surface area (Å²) in [6.45, 7) is 0.564. The van der Waals surface area contributed by atoms with Crippen molar-refractivity contribution in [2.45, 2.75) is 37.5 Å². The fourth-order valence-electron chi connectivity index (χ4n) is 3.98. The van der Waals surface area contributed by atoms with Crippen molar-refractivity contribution in [3.05, 3.63) is 52.9 Å². The summed E-state index contributed by atoms with van der Waals surface area (Å²) in [6.07, 6.45) is 4.10. The molecule has 4 rings (SSSR count). The first-order valence-corrected chi connectivity index (χ1v) is 8.67. The molecule has 1 aromatic carbocycles. The Morgan fingerprint density at radius 2 is 1.92 bits per heavy atom. The Morgan fingerprint density at radius 3 is 2.68 bits per heavy atom. The molecule has 1 aliphatic heterocycles. The van der Waals surface area contributed by atoms with Gasteiger partial charge >= 0.3 is 5.97 Å². The number of carboxylic acids is 1. The number of likely N-dealkylation sites (tertiary alicyclic amines) is 1. The number of carbonyl (C=O) groups excluding carboxylic acids is 1. The molecule has 1 aliphatic carbocycles. The molecule has 25 heavy (non-hydrogen) atoms. The number of rotatable bonds is 3. The van der Waals surface area contributed by atoms with E-state index in [1.54, 1.807) is 4.90 Å². The Kier molecular flexibility index (Phi) is 3.82. The molecule has 0 radical (unpaired) electrons. The highest BCUT2D eigenvalue weighted by Crippen LogP contribution is 2.36. The smallest absolute Gasteiger partial charge is 0.316 e. The van der Waals surface area contributed by atoms with Crippen LogP contribution < -0.4 is 0 Å². The van der Waals surface area contributed by atoms with Crippen molar-refractivity contribution in [3.8, 4) is 0 Å².